The molecule has 0 aliphatic heterocycles. The highest BCUT2D eigenvalue weighted by atomic mass is 16.5. The first-order valence-corrected chi connectivity index (χ1v) is 6.82. The number of hydrogen-bond acceptors (Lipinski definition) is 3. The van der Waals surface area contributed by atoms with Gasteiger partial charge in [0, 0.05) is 12.1 Å². The summed E-state index contributed by atoms with van der Waals surface area (Å²) in [4.78, 5) is 0. The van der Waals surface area contributed by atoms with E-state index in [1.807, 2.05) is 19.1 Å². The van der Waals surface area contributed by atoms with Crippen LogP contribution in [0, 0.1) is 0 Å². The minimum absolute atomic E-state index is 0.656. The van der Waals surface area contributed by atoms with Gasteiger partial charge < -0.3 is 14.8 Å². The highest BCUT2D eigenvalue weighted by molar-refractivity contribution is 5.46. The number of methoxy groups -OCH3 is 1. The highest BCUT2D eigenvalue weighted by Crippen LogP contribution is 2.30. The number of ether oxygens (including phenoxy) is 2. The van der Waals surface area contributed by atoms with Crippen molar-refractivity contribution in [3.63, 3.8) is 0 Å². The Hall–Kier alpha value is -1.22. The van der Waals surface area contributed by atoms with Gasteiger partial charge >= 0.3 is 0 Å². The molecule has 1 aromatic rings. The first-order valence-electron chi connectivity index (χ1n) is 6.82. The van der Waals surface area contributed by atoms with Crippen molar-refractivity contribution in [1.82, 2.24) is 5.32 Å². The zero-order valence-electron chi connectivity index (χ0n) is 11.8. The summed E-state index contributed by atoms with van der Waals surface area (Å²) in [5.74, 6) is 1.68. The van der Waals surface area contributed by atoms with Crippen LogP contribution in [0.2, 0.25) is 0 Å². The molecule has 0 aromatic heterocycles. The second-order valence-electron chi connectivity index (χ2n) is 4.27. The summed E-state index contributed by atoms with van der Waals surface area (Å²) in [6.07, 6.45) is 3.76. The van der Waals surface area contributed by atoms with Crippen LogP contribution in [0.3, 0.4) is 0 Å². The predicted molar refractivity (Wildman–Crippen MR) is 75.4 cm³/mol. The Bertz CT molecular complexity index is 339. The van der Waals surface area contributed by atoms with E-state index in [2.05, 4.69) is 18.3 Å². The fraction of sp³-hybridized carbons (Fsp3) is 0.600. The third-order valence-corrected chi connectivity index (χ3v) is 2.84. The first-order chi connectivity index (χ1) is 8.83. The molecule has 1 rings (SSSR count). The Morgan fingerprint density at radius 2 is 2.00 bits per heavy atom. The van der Waals surface area contributed by atoms with Gasteiger partial charge in [0.2, 0.25) is 0 Å². The van der Waals surface area contributed by atoms with Crippen molar-refractivity contribution in [3.05, 3.63) is 23.8 Å². The van der Waals surface area contributed by atoms with Crippen molar-refractivity contribution in [2.75, 3.05) is 20.3 Å². The summed E-state index contributed by atoms with van der Waals surface area (Å²) >= 11 is 0. The summed E-state index contributed by atoms with van der Waals surface area (Å²) in [7, 11) is 1.69. The number of hydrogen-bond donors (Lipinski definition) is 1. The molecule has 0 amide bonds. The second kappa shape index (κ2) is 8.81. The lowest BCUT2D eigenvalue weighted by molar-refractivity contribution is 0.308. The average molecular weight is 251 g/mol. The number of nitrogens with one attached hydrogen (secondary N) is 1. The molecule has 3 heteroatoms. The van der Waals surface area contributed by atoms with Gasteiger partial charge in [-0.25, -0.2) is 0 Å². The van der Waals surface area contributed by atoms with Crippen molar-refractivity contribution in [3.8, 4) is 11.5 Å². The number of rotatable bonds is 9. The molecule has 1 N–H and O–H groups in total. The van der Waals surface area contributed by atoms with E-state index in [-0.39, 0.29) is 0 Å². The summed E-state index contributed by atoms with van der Waals surface area (Å²) in [5, 5.41) is 3.44. The van der Waals surface area contributed by atoms with Crippen LogP contribution in [-0.4, -0.2) is 20.3 Å². The maximum atomic E-state index is 5.56. The molecule has 0 fully saturated rings. The molecule has 0 saturated carbocycles. The molecule has 1 aromatic carbocycles. The Morgan fingerprint density at radius 1 is 1.17 bits per heavy atom. The molecular weight excluding hydrogens is 226 g/mol. The quantitative estimate of drug-likeness (QED) is 0.683. The van der Waals surface area contributed by atoms with Gasteiger partial charge in [-0.2, -0.15) is 0 Å². The molecule has 0 radical (unpaired) electrons. The minimum atomic E-state index is 0.656. The number of unbranched alkanes of at least 4 members (excludes halogenated alkanes) is 2. The van der Waals surface area contributed by atoms with Crippen LogP contribution in [0.4, 0.5) is 0 Å². The van der Waals surface area contributed by atoms with Crippen molar-refractivity contribution in [2.45, 2.75) is 39.7 Å². The van der Waals surface area contributed by atoms with Crippen molar-refractivity contribution in [2.24, 2.45) is 0 Å². The third kappa shape index (κ3) is 4.57. The first kappa shape index (κ1) is 14.8. The van der Waals surface area contributed by atoms with Crippen LogP contribution >= 0.6 is 0 Å². The van der Waals surface area contributed by atoms with Gasteiger partial charge in [-0.05, 0) is 26.0 Å². The second-order valence-corrected chi connectivity index (χ2v) is 4.27. The Kier molecular flexibility index (Phi) is 7.26. The van der Waals surface area contributed by atoms with E-state index in [4.69, 9.17) is 9.47 Å². The molecule has 0 atom stereocenters. The summed E-state index contributed by atoms with van der Waals surface area (Å²) < 4.78 is 11.0. The Morgan fingerprint density at radius 3 is 2.67 bits per heavy atom. The van der Waals surface area contributed by atoms with Gasteiger partial charge in [-0.15, -0.1) is 0 Å². The van der Waals surface area contributed by atoms with Crippen LogP contribution in [0.1, 0.15) is 38.7 Å². The van der Waals surface area contributed by atoms with Crippen molar-refractivity contribution < 1.29 is 9.47 Å². The molecule has 0 aliphatic carbocycles. The monoisotopic (exact) mass is 251 g/mol. The minimum Gasteiger partial charge on any atom is -0.493 e. The van der Waals surface area contributed by atoms with E-state index in [9.17, 15) is 0 Å². The Labute approximate surface area is 110 Å². The molecule has 0 unspecified atom stereocenters. The van der Waals surface area contributed by atoms with E-state index >= 15 is 0 Å². The fourth-order valence-corrected chi connectivity index (χ4v) is 1.92. The molecule has 0 bridgehead atoms. The smallest absolute Gasteiger partial charge is 0.165 e. The van der Waals surface area contributed by atoms with E-state index in [1.165, 1.54) is 19.3 Å². The molecule has 102 valence electrons. The number of para-hydroxylation sites is 1. The molecule has 0 spiro atoms. The zero-order valence-corrected chi connectivity index (χ0v) is 11.8. The van der Waals surface area contributed by atoms with E-state index in [0.717, 1.165) is 30.2 Å². The van der Waals surface area contributed by atoms with Gasteiger partial charge in [-0.1, -0.05) is 31.9 Å². The fourth-order valence-electron chi connectivity index (χ4n) is 1.92. The maximum Gasteiger partial charge on any atom is 0.165 e. The highest BCUT2D eigenvalue weighted by Gasteiger charge is 2.08. The summed E-state index contributed by atoms with van der Waals surface area (Å²) in [6, 6.07) is 6.04. The van der Waals surface area contributed by atoms with Gasteiger partial charge in [0.05, 0.1) is 13.7 Å². The van der Waals surface area contributed by atoms with E-state index < -0.39 is 0 Å². The van der Waals surface area contributed by atoms with E-state index in [0.29, 0.717) is 6.61 Å². The average Bonchev–Trinajstić information content (AvgIpc) is 2.39. The Balaban J connectivity index is 2.55. The van der Waals surface area contributed by atoms with Gasteiger partial charge in [0.15, 0.2) is 11.5 Å². The third-order valence-electron chi connectivity index (χ3n) is 2.84. The van der Waals surface area contributed by atoms with Gasteiger partial charge in [-0.3, -0.25) is 0 Å². The zero-order chi connectivity index (χ0) is 13.2. The lowest BCUT2D eigenvalue weighted by atomic mass is 10.1. The van der Waals surface area contributed by atoms with Gasteiger partial charge in [0.25, 0.3) is 0 Å². The van der Waals surface area contributed by atoms with Crippen molar-refractivity contribution >= 4 is 0 Å². The SMILES string of the molecule is CCCCCNCc1cccc(OCC)c1OC. The lowest BCUT2D eigenvalue weighted by Crippen LogP contribution is -2.15. The molecule has 18 heavy (non-hydrogen) atoms. The van der Waals surface area contributed by atoms with Crippen LogP contribution in [0.5, 0.6) is 11.5 Å². The molecule has 3 nitrogen and oxygen atoms in total. The van der Waals surface area contributed by atoms with Crippen LogP contribution in [0.25, 0.3) is 0 Å². The largest absolute Gasteiger partial charge is 0.493 e. The van der Waals surface area contributed by atoms with Crippen LogP contribution < -0.4 is 14.8 Å². The van der Waals surface area contributed by atoms with Crippen LogP contribution in [-0.2, 0) is 6.54 Å². The lowest BCUT2D eigenvalue weighted by Gasteiger charge is -2.14. The molecule has 0 saturated heterocycles. The topological polar surface area (TPSA) is 30.5 Å². The summed E-state index contributed by atoms with van der Waals surface area (Å²) in [6.45, 7) is 6.73. The van der Waals surface area contributed by atoms with E-state index in [1.54, 1.807) is 7.11 Å². The standard InChI is InChI=1S/C15H25NO2/c1-4-6-7-11-16-12-13-9-8-10-14(18-5-2)15(13)17-3/h8-10,16H,4-7,11-12H2,1-3H3. The number of benzene rings is 1. The molecule has 0 heterocycles. The van der Waals surface area contributed by atoms with Crippen molar-refractivity contribution in [1.29, 1.82) is 0 Å². The molecular formula is C15H25NO2. The summed E-state index contributed by atoms with van der Waals surface area (Å²) in [5.41, 5.74) is 1.15. The molecule has 0 aliphatic rings. The normalized spacial score (nSPS) is 10.4. The van der Waals surface area contributed by atoms with Gasteiger partial charge in [0.1, 0.15) is 0 Å². The van der Waals surface area contributed by atoms with Crippen LogP contribution in [0.15, 0.2) is 18.2 Å². The predicted octanol–water partition coefficient (Wildman–Crippen LogP) is 3.37. The maximum absolute atomic E-state index is 5.56.